The van der Waals surface area contributed by atoms with Crippen LogP contribution in [0.4, 0.5) is 0 Å². The summed E-state index contributed by atoms with van der Waals surface area (Å²) in [6, 6.07) is 9.60. The molecule has 3 nitrogen and oxygen atoms in total. The molecule has 0 atom stereocenters. The minimum Gasteiger partial charge on any atom is -0.488 e. The molecule has 1 aromatic carbocycles. The number of nitrogens with zero attached hydrogens (tertiary/aromatic N) is 1. The average Bonchev–Trinajstić information content (AvgIpc) is 2.81. The minimum absolute atomic E-state index is 0.261. The van der Waals surface area contributed by atoms with Crippen LogP contribution in [0, 0.1) is 11.3 Å². The molecule has 0 amide bonds. The molecule has 0 radical (unpaired) electrons. The fourth-order valence-electron chi connectivity index (χ4n) is 1.98. The van der Waals surface area contributed by atoms with Gasteiger partial charge in [-0.15, -0.1) is 0 Å². The highest BCUT2D eigenvalue weighted by Crippen LogP contribution is 2.32. The fraction of sp³-hybridized carbons (Fsp3) is 0.400. The molecule has 0 bridgehead atoms. The molecule has 100 valence electrons. The Morgan fingerprint density at radius 1 is 1.16 bits per heavy atom. The molecule has 0 aliphatic rings. The van der Waals surface area contributed by atoms with Crippen LogP contribution in [0.5, 0.6) is 5.75 Å². The number of ether oxygens (including phenoxy) is 1. The number of rotatable bonds is 7. The van der Waals surface area contributed by atoms with Crippen molar-refractivity contribution in [2.24, 2.45) is 0 Å². The van der Waals surface area contributed by atoms with Crippen LogP contribution in [-0.2, 0) is 0 Å². The molecule has 0 fully saturated rings. The van der Waals surface area contributed by atoms with Crippen LogP contribution in [-0.4, -0.2) is 12.4 Å². The summed E-state index contributed by atoms with van der Waals surface area (Å²) in [6.45, 7) is 0.616. The second-order valence-corrected chi connectivity index (χ2v) is 4.80. The number of unbranched alkanes of at least 4 members (excludes halogenated alkanes) is 3. The van der Waals surface area contributed by atoms with Crippen molar-refractivity contribution in [2.45, 2.75) is 25.7 Å². The van der Waals surface area contributed by atoms with Gasteiger partial charge < -0.3 is 9.15 Å². The van der Waals surface area contributed by atoms with E-state index >= 15 is 0 Å². The van der Waals surface area contributed by atoms with E-state index in [1.54, 1.807) is 0 Å². The summed E-state index contributed by atoms with van der Waals surface area (Å²) >= 11 is 4.18. The van der Waals surface area contributed by atoms with Crippen molar-refractivity contribution in [1.29, 1.82) is 5.26 Å². The van der Waals surface area contributed by atoms with Crippen molar-refractivity contribution in [2.75, 3.05) is 12.4 Å². The predicted molar refractivity (Wildman–Crippen MR) is 78.7 cm³/mol. The van der Waals surface area contributed by atoms with Gasteiger partial charge in [0, 0.05) is 0 Å². The second kappa shape index (κ2) is 7.10. The molecule has 0 aliphatic carbocycles. The number of thiol groups is 1. The summed E-state index contributed by atoms with van der Waals surface area (Å²) in [4.78, 5) is 0. The summed E-state index contributed by atoms with van der Waals surface area (Å²) in [5.74, 6) is 1.77. The SMILES string of the molecule is N#Cc1oc2ccccc2c1OCCCCCCS. The van der Waals surface area contributed by atoms with Gasteiger partial charge in [0.15, 0.2) is 5.75 Å². The predicted octanol–water partition coefficient (Wildman–Crippen LogP) is 4.17. The molecule has 2 rings (SSSR count). The quantitative estimate of drug-likeness (QED) is 0.609. The highest BCUT2D eigenvalue weighted by Gasteiger charge is 2.14. The molecule has 1 aromatic heterocycles. The largest absolute Gasteiger partial charge is 0.488 e. The third-order valence-electron chi connectivity index (χ3n) is 2.95. The molecule has 0 aliphatic heterocycles. The van der Waals surface area contributed by atoms with Crippen molar-refractivity contribution < 1.29 is 9.15 Å². The Hall–Kier alpha value is -1.60. The molecule has 4 heteroatoms. The lowest BCUT2D eigenvalue weighted by atomic mass is 10.2. The van der Waals surface area contributed by atoms with Crippen LogP contribution < -0.4 is 4.74 Å². The number of furan rings is 1. The zero-order valence-electron chi connectivity index (χ0n) is 10.8. The topological polar surface area (TPSA) is 46.2 Å². The zero-order chi connectivity index (χ0) is 13.5. The third kappa shape index (κ3) is 3.45. The van der Waals surface area contributed by atoms with E-state index in [0.717, 1.165) is 30.4 Å². The summed E-state index contributed by atoms with van der Waals surface area (Å²) in [5.41, 5.74) is 0.698. The maximum atomic E-state index is 9.06. The van der Waals surface area contributed by atoms with E-state index in [4.69, 9.17) is 14.4 Å². The molecular weight excluding hydrogens is 258 g/mol. The minimum atomic E-state index is 0.261. The van der Waals surface area contributed by atoms with Crippen molar-refractivity contribution in [3.8, 4) is 11.8 Å². The Bertz CT molecular complexity index is 571. The fourth-order valence-corrected chi connectivity index (χ4v) is 2.20. The highest BCUT2D eigenvalue weighted by molar-refractivity contribution is 7.80. The smallest absolute Gasteiger partial charge is 0.246 e. The molecule has 0 saturated carbocycles. The van der Waals surface area contributed by atoms with Crippen LogP contribution in [0.1, 0.15) is 31.4 Å². The summed E-state index contributed by atoms with van der Waals surface area (Å²) in [7, 11) is 0. The lowest BCUT2D eigenvalue weighted by Crippen LogP contribution is -1.98. The van der Waals surface area contributed by atoms with E-state index in [1.165, 1.54) is 6.42 Å². The molecule has 0 spiro atoms. The number of nitriles is 1. The monoisotopic (exact) mass is 275 g/mol. The first kappa shape index (κ1) is 13.8. The maximum absolute atomic E-state index is 9.06. The lowest BCUT2D eigenvalue weighted by Gasteiger charge is -2.04. The van der Waals surface area contributed by atoms with Crippen LogP contribution in [0.25, 0.3) is 11.0 Å². The van der Waals surface area contributed by atoms with Gasteiger partial charge in [-0.25, -0.2) is 0 Å². The Morgan fingerprint density at radius 2 is 1.95 bits per heavy atom. The van der Waals surface area contributed by atoms with Crippen LogP contribution in [0.2, 0.25) is 0 Å². The number of hydrogen-bond acceptors (Lipinski definition) is 4. The van der Waals surface area contributed by atoms with E-state index in [9.17, 15) is 0 Å². The molecular formula is C15H17NO2S. The Balaban J connectivity index is 1.98. The van der Waals surface area contributed by atoms with Crippen LogP contribution >= 0.6 is 12.6 Å². The first-order chi connectivity index (χ1) is 9.36. The van der Waals surface area contributed by atoms with Gasteiger partial charge in [-0.05, 0) is 30.7 Å². The van der Waals surface area contributed by atoms with E-state index in [0.29, 0.717) is 17.9 Å². The molecule has 19 heavy (non-hydrogen) atoms. The standard InChI is InChI=1S/C15H17NO2S/c16-11-14-15(17-9-5-1-2-6-10-19)12-7-3-4-8-13(12)18-14/h3-4,7-8,19H,1-2,5-6,9-10H2. The van der Waals surface area contributed by atoms with Crippen LogP contribution in [0.3, 0.4) is 0 Å². The van der Waals surface area contributed by atoms with Gasteiger partial charge in [0.25, 0.3) is 0 Å². The number of fused-ring (bicyclic) bond motifs is 1. The maximum Gasteiger partial charge on any atom is 0.246 e. The van der Waals surface area contributed by atoms with Gasteiger partial charge in [-0.1, -0.05) is 25.0 Å². The first-order valence-corrected chi connectivity index (χ1v) is 7.15. The van der Waals surface area contributed by atoms with E-state index in [1.807, 2.05) is 30.3 Å². The van der Waals surface area contributed by atoms with Gasteiger partial charge in [-0.2, -0.15) is 17.9 Å². The third-order valence-corrected chi connectivity index (χ3v) is 3.27. The van der Waals surface area contributed by atoms with Gasteiger partial charge in [0.1, 0.15) is 11.7 Å². The number of hydrogen-bond donors (Lipinski definition) is 1. The second-order valence-electron chi connectivity index (χ2n) is 4.35. The first-order valence-electron chi connectivity index (χ1n) is 6.52. The molecule has 1 heterocycles. The van der Waals surface area contributed by atoms with Gasteiger partial charge in [0.05, 0.1) is 12.0 Å². The van der Waals surface area contributed by atoms with E-state index < -0.39 is 0 Å². The zero-order valence-corrected chi connectivity index (χ0v) is 11.7. The average molecular weight is 275 g/mol. The number of benzene rings is 1. The van der Waals surface area contributed by atoms with Crippen molar-refractivity contribution in [1.82, 2.24) is 0 Å². The van der Waals surface area contributed by atoms with Gasteiger partial charge in [-0.3, -0.25) is 0 Å². The molecule has 2 aromatic rings. The normalized spacial score (nSPS) is 10.5. The summed E-state index contributed by atoms with van der Waals surface area (Å²) < 4.78 is 11.2. The van der Waals surface area contributed by atoms with Crippen molar-refractivity contribution in [3.05, 3.63) is 30.0 Å². The van der Waals surface area contributed by atoms with Crippen molar-refractivity contribution >= 4 is 23.6 Å². The van der Waals surface area contributed by atoms with Crippen LogP contribution in [0.15, 0.2) is 28.7 Å². The Morgan fingerprint density at radius 3 is 2.74 bits per heavy atom. The molecule has 0 unspecified atom stereocenters. The summed E-state index contributed by atoms with van der Waals surface area (Å²) in [5, 5.41) is 9.93. The highest BCUT2D eigenvalue weighted by atomic mass is 32.1. The van der Waals surface area contributed by atoms with Gasteiger partial charge >= 0.3 is 0 Å². The molecule has 0 N–H and O–H groups in total. The lowest BCUT2D eigenvalue weighted by molar-refractivity contribution is 0.303. The Kier molecular flexibility index (Phi) is 5.17. The van der Waals surface area contributed by atoms with Crippen molar-refractivity contribution in [3.63, 3.8) is 0 Å². The van der Waals surface area contributed by atoms with E-state index in [2.05, 4.69) is 12.6 Å². The summed E-state index contributed by atoms with van der Waals surface area (Å²) in [6.07, 6.45) is 4.42. The Labute approximate surface area is 118 Å². The van der Waals surface area contributed by atoms with E-state index in [-0.39, 0.29) is 5.76 Å². The number of para-hydroxylation sites is 1. The van der Waals surface area contributed by atoms with Gasteiger partial charge in [0.2, 0.25) is 5.76 Å². The molecule has 0 saturated heterocycles.